The number of nitrogen functional groups attached to an aromatic ring is 1. The Balaban J connectivity index is 2.23. The number of aromatic nitrogens is 1. The van der Waals surface area contributed by atoms with E-state index in [0.717, 1.165) is 12.8 Å². The van der Waals surface area contributed by atoms with Gasteiger partial charge in [0.1, 0.15) is 5.82 Å². The van der Waals surface area contributed by atoms with Crippen LogP contribution < -0.4 is 11.3 Å². The number of imide groups is 1. The Morgan fingerprint density at radius 1 is 1.26 bits per heavy atom. The molecule has 0 spiro atoms. The van der Waals surface area contributed by atoms with Crippen LogP contribution in [-0.2, 0) is 16.1 Å². The van der Waals surface area contributed by atoms with Crippen molar-refractivity contribution < 1.29 is 9.59 Å². The number of hydrogen-bond donors (Lipinski definition) is 2. The van der Waals surface area contributed by atoms with Crippen molar-refractivity contribution in [2.75, 3.05) is 5.43 Å². The Morgan fingerprint density at radius 3 is 2.47 bits per heavy atom. The Kier molecular flexibility index (Phi) is 4.34. The van der Waals surface area contributed by atoms with Gasteiger partial charge in [-0.3, -0.25) is 14.5 Å². The Bertz CT molecular complexity index is 489. The van der Waals surface area contributed by atoms with Crippen LogP contribution in [0.2, 0.25) is 5.02 Å². The number of nitrogens with one attached hydrogen (secondary N) is 1. The maximum Gasteiger partial charge on any atom is 0.229 e. The molecule has 6 nitrogen and oxygen atoms in total. The van der Waals surface area contributed by atoms with Crippen LogP contribution >= 0.6 is 11.6 Å². The van der Waals surface area contributed by atoms with Gasteiger partial charge >= 0.3 is 0 Å². The lowest BCUT2D eigenvalue weighted by atomic mass is 10.2. The average Bonchev–Trinajstić information content (AvgIpc) is 2.56. The van der Waals surface area contributed by atoms with Crippen LogP contribution in [0.25, 0.3) is 0 Å². The molecule has 1 aromatic heterocycles. The zero-order valence-electron chi connectivity index (χ0n) is 10.4. The van der Waals surface area contributed by atoms with E-state index in [0.29, 0.717) is 29.4 Å². The zero-order valence-corrected chi connectivity index (χ0v) is 11.1. The van der Waals surface area contributed by atoms with Gasteiger partial charge in [-0.05, 0) is 25.0 Å². The first-order valence-corrected chi connectivity index (χ1v) is 6.45. The number of anilines is 1. The average molecular weight is 283 g/mol. The Hall–Kier alpha value is -1.66. The smallest absolute Gasteiger partial charge is 0.229 e. The van der Waals surface area contributed by atoms with Gasteiger partial charge in [0.15, 0.2) is 0 Å². The minimum absolute atomic E-state index is 0.0893. The van der Waals surface area contributed by atoms with E-state index >= 15 is 0 Å². The highest BCUT2D eigenvalue weighted by Gasteiger charge is 2.25. The van der Waals surface area contributed by atoms with E-state index in [1.165, 1.54) is 4.90 Å². The first kappa shape index (κ1) is 13.8. The molecule has 102 valence electrons. The summed E-state index contributed by atoms with van der Waals surface area (Å²) in [5.41, 5.74) is 2.87. The standard InChI is InChI=1S/C12H15ClN4O2/c13-8-5-6-10(16-14)15-9(8)7-17-11(18)3-1-2-4-12(17)19/h5-6H,1-4,7,14H2,(H,15,16). The van der Waals surface area contributed by atoms with Crippen LogP contribution in [0.15, 0.2) is 12.1 Å². The zero-order chi connectivity index (χ0) is 13.8. The maximum atomic E-state index is 11.9. The quantitative estimate of drug-likeness (QED) is 0.498. The van der Waals surface area contributed by atoms with Crippen LogP contribution in [0.3, 0.4) is 0 Å². The summed E-state index contributed by atoms with van der Waals surface area (Å²) in [7, 11) is 0. The third-order valence-corrected chi connectivity index (χ3v) is 3.35. The summed E-state index contributed by atoms with van der Waals surface area (Å²) in [6, 6.07) is 3.25. The highest BCUT2D eigenvalue weighted by atomic mass is 35.5. The molecule has 7 heteroatoms. The van der Waals surface area contributed by atoms with Gasteiger partial charge in [-0.15, -0.1) is 0 Å². The molecule has 1 saturated heterocycles. The van der Waals surface area contributed by atoms with Gasteiger partial charge < -0.3 is 5.43 Å². The third-order valence-electron chi connectivity index (χ3n) is 3.01. The number of rotatable bonds is 3. The molecule has 0 unspecified atom stereocenters. The predicted octanol–water partition coefficient (Wildman–Crippen LogP) is 1.45. The SMILES string of the molecule is NNc1ccc(Cl)c(CN2C(=O)CCCCC2=O)n1. The van der Waals surface area contributed by atoms with E-state index < -0.39 is 0 Å². The molecule has 3 N–H and O–H groups in total. The van der Waals surface area contributed by atoms with Crippen molar-refractivity contribution in [1.29, 1.82) is 0 Å². The topological polar surface area (TPSA) is 88.3 Å². The van der Waals surface area contributed by atoms with E-state index in [2.05, 4.69) is 10.4 Å². The summed E-state index contributed by atoms with van der Waals surface area (Å²) < 4.78 is 0. The van der Waals surface area contributed by atoms with Gasteiger partial charge in [-0.2, -0.15) is 0 Å². The fraction of sp³-hybridized carbons (Fsp3) is 0.417. The number of hydrazine groups is 1. The fourth-order valence-corrected chi connectivity index (χ4v) is 2.13. The van der Waals surface area contributed by atoms with Gasteiger partial charge in [0.2, 0.25) is 11.8 Å². The lowest BCUT2D eigenvalue weighted by molar-refractivity contribution is -0.144. The van der Waals surface area contributed by atoms with Crippen LogP contribution in [0, 0.1) is 0 Å². The highest BCUT2D eigenvalue weighted by molar-refractivity contribution is 6.31. The van der Waals surface area contributed by atoms with Crippen molar-refractivity contribution in [3.05, 3.63) is 22.8 Å². The summed E-state index contributed by atoms with van der Waals surface area (Å²) in [5.74, 6) is 5.37. The fourth-order valence-electron chi connectivity index (χ4n) is 1.96. The minimum atomic E-state index is -0.175. The van der Waals surface area contributed by atoms with Crippen molar-refractivity contribution in [2.45, 2.75) is 32.2 Å². The second-order valence-corrected chi connectivity index (χ2v) is 4.76. The number of hydrogen-bond acceptors (Lipinski definition) is 5. The number of nitrogens with two attached hydrogens (primary N) is 1. The normalized spacial score (nSPS) is 16.4. The van der Waals surface area contributed by atoms with Crippen LogP contribution in [-0.4, -0.2) is 21.7 Å². The highest BCUT2D eigenvalue weighted by Crippen LogP contribution is 2.21. The number of carbonyl (C=O) groups excluding carboxylic acids is 2. The van der Waals surface area contributed by atoms with E-state index in [-0.39, 0.29) is 18.4 Å². The van der Waals surface area contributed by atoms with E-state index in [1.54, 1.807) is 12.1 Å². The lowest BCUT2D eigenvalue weighted by Gasteiger charge is -2.19. The Morgan fingerprint density at radius 2 is 1.89 bits per heavy atom. The molecule has 0 bridgehead atoms. The molecule has 1 fully saturated rings. The summed E-state index contributed by atoms with van der Waals surface area (Å²) >= 11 is 6.03. The molecule has 0 saturated carbocycles. The van der Waals surface area contributed by atoms with E-state index in [9.17, 15) is 9.59 Å². The number of nitrogens with zero attached hydrogens (tertiary/aromatic N) is 2. The third kappa shape index (κ3) is 3.21. The molecule has 2 rings (SSSR count). The predicted molar refractivity (Wildman–Crippen MR) is 71.1 cm³/mol. The van der Waals surface area contributed by atoms with Crippen molar-refractivity contribution in [2.24, 2.45) is 5.84 Å². The molecule has 2 amide bonds. The molecule has 2 heterocycles. The minimum Gasteiger partial charge on any atom is -0.308 e. The van der Waals surface area contributed by atoms with Gasteiger partial charge in [-0.1, -0.05) is 11.6 Å². The molecule has 0 aliphatic carbocycles. The second kappa shape index (κ2) is 5.99. The van der Waals surface area contributed by atoms with Gasteiger partial charge in [0, 0.05) is 12.8 Å². The van der Waals surface area contributed by atoms with Crippen LogP contribution in [0.1, 0.15) is 31.4 Å². The first-order valence-electron chi connectivity index (χ1n) is 6.07. The number of carbonyl (C=O) groups is 2. The van der Waals surface area contributed by atoms with Crippen molar-refractivity contribution in [3.63, 3.8) is 0 Å². The van der Waals surface area contributed by atoms with Gasteiger partial charge in [0.05, 0.1) is 17.3 Å². The molecule has 19 heavy (non-hydrogen) atoms. The van der Waals surface area contributed by atoms with Gasteiger partial charge in [0.25, 0.3) is 0 Å². The number of amides is 2. The van der Waals surface area contributed by atoms with Crippen LogP contribution in [0.4, 0.5) is 5.82 Å². The largest absolute Gasteiger partial charge is 0.308 e. The second-order valence-electron chi connectivity index (χ2n) is 4.35. The van der Waals surface area contributed by atoms with E-state index in [4.69, 9.17) is 17.4 Å². The van der Waals surface area contributed by atoms with Crippen molar-refractivity contribution >= 4 is 29.2 Å². The maximum absolute atomic E-state index is 11.9. The molecular weight excluding hydrogens is 268 g/mol. The first-order chi connectivity index (χ1) is 9.11. The molecule has 1 aliphatic heterocycles. The van der Waals surface area contributed by atoms with E-state index in [1.807, 2.05) is 0 Å². The molecule has 0 radical (unpaired) electrons. The molecule has 0 atom stereocenters. The molecular formula is C12H15ClN4O2. The molecule has 1 aliphatic rings. The summed E-state index contributed by atoms with van der Waals surface area (Å²) in [6.07, 6.45) is 2.26. The summed E-state index contributed by atoms with van der Waals surface area (Å²) in [6.45, 7) is 0.0893. The monoisotopic (exact) mass is 282 g/mol. The Labute approximate surface area is 115 Å². The molecule has 0 aromatic carbocycles. The van der Waals surface area contributed by atoms with Gasteiger partial charge in [-0.25, -0.2) is 10.8 Å². The lowest BCUT2D eigenvalue weighted by Crippen LogP contribution is -2.35. The molecule has 1 aromatic rings. The van der Waals surface area contributed by atoms with Crippen LogP contribution in [0.5, 0.6) is 0 Å². The summed E-state index contributed by atoms with van der Waals surface area (Å²) in [5, 5.41) is 0.406. The number of likely N-dealkylation sites (tertiary alicyclic amines) is 1. The van der Waals surface area contributed by atoms with Crippen molar-refractivity contribution in [1.82, 2.24) is 9.88 Å². The van der Waals surface area contributed by atoms with Crippen molar-refractivity contribution in [3.8, 4) is 0 Å². The number of halogens is 1. The number of pyridine rings is 1. The summed E-state index contributed by atoms with van der Waals surface area (Å²) in [4.78, 5) is 29.2.